The first-order valence-corrected chi connectivity index (χ1v) is 9.28. The third-order valence-electron chi connectivity index (χ3n) is 3.70. The third kappa shape index (κ3) is 6.88. The summed E-state index contributed by atoms with van der Waals surface area (Å²) in [5.41, 5.74) is 2.20. The van der Waals surface area contributed by atoms with E-state index in [-0.39, 0.29) is 5.91 Å². The van der Waals surface area contributed by atoms with Gasteiger partial charge in [-0.15, -0.1) is 0 Å². The summed E-state index contributed by atoms with van der Waals surface area (Å²) in [5.74, 6) is 0.828. The lowest BCUT2D eigenvalue weighted by atomic mass is 10.1. The number of carbonyl (C=O) groups excluding carboxylic acids is 1. The predicted octanol–water partition coefficient (Wildman–Crippen LogP) is 4.46. The van der Waals surface area contributed by atoms with E-state index in [0.29, 0.717) is 39.2 Å². The molecule has 0 heterocycles. The zero-order chi connectivity index (χ0) is 17.9. The van der Waals surface area contributed by atoms with Gasteiger partial charge in [-0.05, 0) is 52.5 Å². The molecule has 2 aromatic rings. The van der Waals surface area contributed by atoms with Crippen molar-refractivity contribution in [1.29, 1.82) is 0 Å². The second-order valence-electron chi connectivity index (χ2n) is 5.57. The number of hydrogen-bond donors (Lipinski definition) is 1. The Morgan fingerprint density at radius 3 is 2.56 bits per heavy atom. The average Bonchev–Trinajstić information content (AvgIpc) is 2.63. The smallest absolute Gasteiger partial charge is 0.220 e. The number of ether oxygens (including phenoxy) is 2. The summed E-state index contributed by atoms with van der Waals surface area (Å²) in [4.78, 5) is 12.0. The van der Waals surface area contributed by atoms with Crippen LogP contribution in [0.3, 0.4) is 0 Å². The van der Waals surface area contributed by atoms with Gasteiger partial charge in [0.1, 0.15) is 5.75 Å². The normalized spacial score (nSPS) is 10.5. The molecule has 0 atom stereocenters. The van der Waals surface area contributed by atoms with Crippen LogP contribution < -0.4 is 10.1 Å². The van der Waals surface area contributed by atoms with Crippen LogP contribution in [0, 0.1) is 0 Å². The minimum absolute atomic E-state index is 0.0296. The molecular weight excluding hydrogens is 382 g/mol. The lowest BCUT2D eigenvalue weighted by Gasteiger charge is -2.11. The number of amides is 1. The maximum atomic E-state index is 12.0. The Labute approximate surface area is 157 Å². The number of carbonyl (C=O) groups is 1. The second kappa shape index (κ2) is 10.9. The maximum Gasteiger partial charge on any atom is 0.220 e. The van der Waals surface area contributed by atoms with Crippen molar-refractivity contribution in [3.63, 3.8) is 0 Å². The zero-order valence-electron chi connectivity index (χ0n) is 14.5. The second-order valence-corrected chi connectivity index (χ2v) is 6.42. The van der Waals surface area contributed by atoms with Crippen molar-refractivity contribution in [1.82, 2.24) is 5.32 Å². The molecule has 0 unspecified atom stereocenters. The van der Waals surface area contributed by atoms with E-state index in [1.54, 1.807) is 0 Å². The molecule has 1 amide bonds. The van der Waals surface area contributed by atoms with Gasteiger partial charge < -0.3 is 14.8 Å². The molecule has 134 valence electrons. The van der Waals surface area contributed by atoms with Crippen LogP contribution in [0.1, 0.15) is 30.9 Å². The van der Waals surface area contributed by atoms with Crippen molar-refractivity contribution in [3.8, 4) is 5.75 Å². The predicted molar refractivity (Wildman–Crippen MR) is 102 cm³/mol. The average molecular weight is 406 g/mol. The minimum Gasteiger partial charge on any atom is -0.492 e. The van der Waals surface area contributed by atoms with E-state index >= 15 is 0 Å². The van der Waals surface area contributed by atoms with E-state index in [1.807, 2.05) is 55.5 Å². The summed E-state index contributed by atoms with van der Waals surface area (Å²) in [6.45, 7) is 4.26. The largest absolute Gasteiger partial charge is 0.492 e. The van der Waals surface area contributed by atoms with Gasteiger partial charge >= 0.3 is 0 Å². The van der Waals surface area contributed by atoms with Crippen molar-refractivity contribution >= 4 is 21.8 Å². The first kappa shape index (κ1) is 19.5. The number of benzene rings is 2. The van der Waals surface area contributed by atoms with Crippen molar-refractivity contribution in [2.45, 2.75) is 32.9 Å². The lowest BCUT2D eigenvalue weighted by Crippen LogP contribution is -2.23. The molecule has 0 bridgehead atoms. The van der Waals surface area contributed by atoms with Crippen molar-refractivity contribution in [2.75, 3.05) is 13.2 Å². The van der Waals surface area contributed by atoms with Crippen LogP contribution in [0.15, 0.2) is 53.0 Å². The summed E-state index contributed by atoms with van der Waals surface area (Å²) in [5, 5.41) is 2.97. The van der Waals surface area contributed by atoms with E-state index in [9.17, 15) is 4.79 Å². The van der Waals surface area contributed by atoms with Gasteiger partial charge in [-0.2, -0.15) is 0 Å². The topological polar surface area (TPSA) is 47.6 Å². The number of nitrogens with one attached hydrogen (secondary N) is 1. The number of halogens is 1. The highest BCUT2D eigenvalue weighted by atomic mass is 79.9. The molecule has 0 aliphatic rings. The SMILES string of the molecule is CCOCc1ccccc1CNC(=O)CCCOc1ccccc1Br. The lowest BCUT2D eigenvalue weighted by molar-refractivity contribution is -0.121. The van der Waals surface area contributed by atoms with Crippen molar-refractivity contribution < 1.29 is 14.3 Å². The summed E-state index contributed by atoms with van der Waals surface area (Å²) in [6, 6.07) is 15.7. The zero-order valence-corrected chi connectivity index (χ0v) is 16.1. The van der Waals surface area contributed by atoms with Gasteiger partial charge in [0.05, 0.1) is 17.7 Å². The first-order valence-electron chi connectivity index (χ1n) is 8.49. The number of rotatable bonds is 10. The van der Waals surface area contributed by atoms with E-state index in [2.05, 4.69) is 21.2 Å². The van der Waals surface area contributed by atoms with Gasteiger partial charge in [0.15, 0.2) is 0 Å². The highest BCUT2D eigenvalue weighted by molar-refractivity contribution is 9.10. The highest BCUT2D eigenvalue weighted by Gasteiger charge is 2.06. The molecule has 0 fully saturated rings. The summed E-state index contributed by atoms with van der Waals surface area (Å²) in [7, 11) is 0. The van der Waals surface area contributed by atoms with Crippen LogP contribution in [0.4, 0.5) is 0 Å². The fraction of sp³-hybridized carbons (Fsp3) is 0.350. The Morgan fingerprint density at radius 1 is 1.08 bits per heavy atom. The fourth-order valence-corrected chi connectivity index (χ4v) is 2.74. The standard InChI is InChI=1S/C20H24BrNO3/c1-2-24-15-17-9-4-3-8-16(17)14-22-20(23)12-7-13-25-19-11-6-5-10-18(19)21/h3-6,8-11H,2,7,12-15H2,1H3,(H,22,23). The first-order chi connectivity index (χ1) is 12.2. The van der Waals surface area contributed by atoms with Crippen LogP contribution in [0.25, 0.3) is 0 Å². The maximum absolute atomic E-state index is 12.0. The van der Waals surface area contributed by atoms with Crippen molar-refractivity contribution in [3.05, 3.63) is 64.1 Å². The molecule has 0 saturated carbocycles. The van der Waals surface area contributed by atoms with Crippen LogP contribution in [0.5, 0.6) is 5.75 Å². The molecule has 0 aliphatic heterocycles. The van der Waals surface area contributed by atoms with Crippen molar-refractivity contribution in [2.24, 2.45) is 0 Å². The van der Waals surface area contributed by atoms with E-state index in [1.165, 1.54) is 0 Å². The molecule has 1 N–H and O–H groups in total. The van der Waals surface area contributed by atoms with Gasteiger partial charge in [0.25, 0.3) is 0 Å². The Bertz CT molecular complexity index is 675. The van der Waals surface area contributed by atoms with E-state index in [0.717, 1.165) is 21.3 Å². The Kier molecular flexibility index (Phi) is 8.49. The quantitative estimate of drug-likeness (QED) is 0.593. The van der Waals surface area contributed by atoms with Gasteiger partial charge in [-0.1, -0.05) is 36.4 Å². The Balaban J connectivity index is 1.70. The molecule has 25 heavy (non-hydrogen) atoms. The molecule has 0 spiro atoms. The Hall–Kier alpha value is -1.85. The monoisotopic (exact) mass is 405 g/mol. The molecule has 2 aromatic carbocycles. The molecule has 0 radical (unpaired) electrons. The van der Waals surface area contributed by atoms with Crippen LogP contribution in [0.2, 0.25) is 0 Å². The van der Waals surface area contributed by atoms with Crippen LogP contribution in [-0.4, -0.2) is 19.1 Å². The summed E-state index contributed by atoms with van der Waals surface area (Å²) in [6.07, 6.45) is 1.12. The van der Waals surface area contributed by atoms with Gasteiger partial charge in [-0.3, -0.25) is 4.79 Å². The molecule has 2 rings (SSSR count). The molecule has 4 nitrogen and oxygen atoms in total. The van der Waals surface area contributed by atoms with Gasteiger partial charge in [0.2, 0.25) is 5.91 Å². The van der Waals surface area contributed by atoms with E-state index in [4.69, 9.17) is 9.47 Å². The Morgan fingerprint density at radius 2 is 1.80 bits per heavy atom. The van der Waals surface area contributed by atoms with Gasteiger partial charge in [0, 0.05) is 19.6 Å². The fourth-order valence-electron chi connectivity index (χ4n) is 2.34. The third-order valence-corrected chi connectivity index (χ3v) is 4.35. The molecular formula is C20H24BrNO3. The summed E-state index contributed by atoms with van der Waals surface area (Å²) < 4.78 is 12.1. The number of para-hydroxylation sites is 1. The van der Waals surface area contributed by atoms with Gasteiger partial charge in [-0.25, -0.2) is 0 Å². The van der Waals surface area contributed by atoms with E-state index < -0.39 is 0 Å². The highest BCUT2D eigenvalue weighted by Crippen LogP contribution is 2.23. The molecule has 0 aromatic heterocycles. The molecule has 5 heteroatoms. The van der Waals surface area contributed by atoms with Crippen LogP contribution in [-0.2, 0) is 22.7 Å². The minimum atomic E-state index is 0.0296. The molecule has 0 aliphatic carbocycles. The number of hydrogen-bond acceptors (Lipinski definition) is 3. The summed E-state index contributed by atoms with van der Waals surface area (Å²) >= 11 is 3.44. The molecule has 0 saturated heterocycles. The van der Waals surface area contributed by atoms with Crippen LogP contribution >= 0.6 is 15.9 Å².